The Morgan fingerprint density at radius 3 is 3.00 bits per heavy atom. The van der Waals surface area contributed by atoms with Crippen LogP contribution in [0.1, 0.15) is 37.5 Å². The van der Waals surface area contributed by atoms with E-state index in [9.17, 15) is 9.90 Å². The average molecular weight is 263 g/mol. The highest BCUT2D eigenvalue weighted by atomic mass is 16.5. The molecule has 1 unspecified atom stereocenters. The molecular formula is C15H21NO3. The maximum Gasteiger partial charge on any atom is 0.220 e. The molecule has 0 aliphatic carbocycles. The maximum atomic E-state index is 11.5. The number of hydrogen-bond acceptors (Lipinski definition) is 3. The van der Waals surface area contributed by atoms with Crippen molar-refractivity contribution in [2.75, 3.05) is 13.2 Å². The minimum Gasteiger partial charge on any atom is -0.493 e. The number of benzene rings is 1. The van der Waals surface area contributed by atoms with E-state index in [1.807, 2.05) is 32.0 Å². The molecule has 1 heterocycles. The molecule has 0 saturated heterocycles. The van der Waals surface area contributed by atoms with Crippen LogP contribution in [0.4, 0.5) is 0 Å². The number of nitrogens with one attached hydrogen (secondary N) is 1. The number of carbonyl (C=O) groups excluding carboxylic acids is 1. The summed E-state index contributed by atoms with van der Waals surface area (Å²) in [7, 11) is 0. The van der Waals surface area contributed by atoms with Crippen molar-refractivity contribution in [2.45, 2.75) is 32.8 Å². The highest BCUT2D eigenvalue weighted by Gasteiger charge is 2.16. The van der Waals surface area contributed by atoms with Gasteiger partial charge in [-0.05, 0) is 29.2 Å². The number of fused-ring (bicyclic) bond motifs is 1. The van der Waals surface area contributed by atoms with Gasteiger partial charge in [0.1, 0.15) is 5.75 Å². The van der Waals surface area contributed by atoms with Crippen molar-refractivity contribution in [3.05, 3.63) is 29.3 Å². The molecule has 1 amide bonds. The van der Waals surface area contributed by atoms with E-state index in [4.69, 9.17) is 4.74 Å². The predicted octanol–water partition coefficient (Wildman–Crippen LogP) is 1.82. The first-order valence-electron chi connectivity index (χ1n) is 6.76. The largest absolute Gasteiger partial charge is 0.493 e. The van der Waals surface area contributed by atoms with Crippen LogP contribution in [0.5, 0.6) is 5.75 Å². The molecule has 1 aromatic carbocycles. The number of hydrogen-bond donors (Lipinski definition) is 2. The Hall–Kier alpha value is -1.55. The van der Waals surface area contributed by atoms with Crippen LogP contribution in [0.3, 0.4) is 0 Å². The van der Waals surface area contributed by atoms with Crippen LogP contribution in [0.2, 0.25) is 0 Å². The fourth-order valence-electron chi connectivity index (χ4n) is 2.19. The zero-order chi connectivity index (χ0) is 13.8. The summed E-state index contributed by atoms with van der Waals surface area (Å²) in [4.78, 5) is 11.5. The zero-order valence-corrected chi connectivity index (χ0v) is 11.5. The van der Waals surface area contributed by atoms with Gasteiger partial charge in [-0.2, -0.15) is 0 Å². The first-order chi connectivity index (χ1) is 9.06. The minimum atomic E-state index is -0.665. The minimum absolute atomic E-state index is 0.0152. The third kappa shape index (κ3) is 3.70. The van der Waals surface area contributed by atoms with E-state index in [-0.39, 0.29) is 12.5 Å². The predicted molar refractivity (Wildman–Crippen MR) is 73.1 cm³/mol. The van der Waals surface area contributed by atoms with Crippen LogP contribution in [-0.4, -0.2) is 24.2 Å². The molecule has 19 heavy (non-hydrogen) atoms. The Labute approximate surface area is 113 Å². The van der Waals surface area contributed by atoms with Crippen LogP contribution >= 0.6 is 0 Å². The van der Waals surface area contributed by atoms with E-state index in [0.717, 1.165) is 23.3 Å². The lowest BCUT2D eigenvalue weighted by atomic mass is 10.0. The molecule has 0 fully saturated rings. The lowest BCUT2D eigenvalue weighted by Crippen LogP contribution is -2.29. The highest BCUT2D eigenvalue weighted by molar-refractivity contribution is 5.76. The zero-order valence-electron chi connectivity index (χ0n) is 11.5. The summed E-state index contributed by atoms with van der Waals surface area (Å²) >= 11 is 0. The number of aliphatic hydroxyl groups excluding tert-OH is 1. The van der Waals surface area contributed by atoms with Gasteiger partial charge in [-0.25, -0.2) is 0 Å². The lowest BCUT2D eigenvalue weighted by Gasteiger charge is -2.14. The van der Waals surface area contributed by atoms with Crippen molar-refractivity contribution in [2.24, 2.45) is 5.92 Å². The molecule has 0 aromatic heterocycles. The summed E-state index contributed by atoms with van der Waals surface area (Å²) in [6, 6.07) is 5.70. The Morgan fingerprint density at radius 2 is 2.26 bits per heavy atom. The summed E-state index contributed by atoms with van der Waals surface area (Å²) in [5.41, 5.74) is 1.96. The molecule has 0 spiro atoms. The van der Waals surface area contributed by atoms with Gasteiger partial charge in [-0.3, -0.25) is 4.79 Å². The molecule has 4 heteroatoms. The summed E-state index contributed by atoms with van der Waals surface area (Å²) in [6.07, 6.45) is 0.711. The van der Waals surface area contributed by atoms with Gasteiger partial charge >= 0.3 is 0 Å². The number of ether oxygens (including phenoxy) is 1. The van der Waals surface area contributed by atoms with Crippen molar-refractivity contribution < 1.29 is 14.6 Å². The van der Waals surface area contributed by atoms with Crippen molar-refractivity contribution >= 4 is 5.91 Å². The Balaban J connectivity index is 1.89. The van der Waals surface area contributed by atoms with E-state index < -0.39 is 6.10 Å². The Morgan fingerprint density at radius 1 is 1.47 bits per heavy atom. The van der Waals surface area contributed by atoms with Crippen LogP contribution in [0, 0.1) is 5.92 Å². The van der Waals surface area contributed by atoms with Crippen molar-refractivity contribution in [3.63, 3.8) is 0 Å². The topological polar surface area (TPSA) is 58.6 Å². The number of amides is 1. The third-order valence-electron chi connectivity index (χ3n) is 3.18. The molecule has 1 atom stereocenters. The second kappa shape index (κ2) is 6.06. The van der Waals surface area contributed by atoms with Gasteiger partial charge in [0, 0.05) is 19.4 Å². The van der Waals surface area contributed by atoms with Gasteiger partial charge in [0.15, 0.2) is 0 Å². The van der Waals surface area contributed by atoms with E-state index >= 15 is 0 Å². The standard InChI is InChI=1S/C15H21NO3/c1-10(2)7-15(18)16-9-13(17)11-3-4-14-12(8-11)5-6-19-14/h3-4,8,10,13,17H,5-7,9H2,1-2H3,(H,16,18). The monoisotopic (exact) mass is 263 g/mol. The number of aliphatic hydroxyl groups is 1. The summed E-state index contributed by atoms with van der Waals surface area (Å²) in [5.74, 6) is 1.22. The summed E-state index contributed by atoms with van der Waals surface area (Å²) in [6.45, 7) is 4.96. The van der Waals surface area contributed by atoms with Gasteiger partial charge in [-0.15, -0.1) is 0 Å². The molecule has 0 bridgehead atoms. The molecule has 1 aromatic rings. The Bertz CT molecular complexity index is 457. The third-order valence-corrected chi connectivity index (χ3v) is 3.18. The average Bonchev–Trinajstić information content (AvgIpc) is 2.82. The second-order valence-electron chi connectivity index (χ2n) is 5.38. The smallest absolute Gasteiger partial charge is 0.220 e. The van der Waals surface area contributed by atoms with Gasteiger partial charge in [0.25, 0.3) is 0 Å². The van der Waals surface area contributed by atoms with E-state index in [1.165, 1.54) is 0 Å². The van der Waals surface area contributed by atoms with Crippen LogP contribution in [0.25, 0.3) is 0 Å². The maximum absolute atomic E-state index is 11.5. The highest BCUT2D eigenvalue weighted by Crippen LogP contribution is 2.27. The molecule has 2 rings (SSSR count). The number of rotatable bonds is 5. The van der Waals surface area contributed by atoms with Crippen LogP contribution in [0.15, 0.2) is 18.2 Å². The summed E-state index contributed by atoms with van der Waals surface area (Å²) in [5, 5.41) is 12.8. The fourth-order valence-corrected chi connectivity index (χ4v) is 2.19. The fraction of sp³-hybridized carbons (Fsp3) is 0.533. The molecular weight excluding hydrogens is 242 g/mol. The molecule has 0 saturated carbocycles. The summed E-state index contributed by atoms with van der Waals surface area (Å²) < 4.78 is 5.42. The van der Waals surface area contributed by atoms with Crippen LogP contribution in [-0.2, 0) is 11.2 Å². The van der Waals surface area contributed by atoms with E-state index in [2.05, 4.69) is 5.32 Å². The van der Waals surface area contributed by atoms with Gasteiger partial charge in [-0.1, -0.05) is 19.9 Å². The van der Waals surface area contributed by atoms with Gasteiger partial charge in [0.2, 0.25) is 5.91 Å². The molecule has 1 aliphatic heterocycles. The SMILES string of the molecule is CC(C)CC(=O)NCC(O)c1ccc2c(c1)CCO2. The second-order valence-corrected chi connectivity index (χ2v) is 5.38. The number of carbonyl (C=O) groups is 1. The van der Waals surface area contributed by atoms with Crippen molar-refractivity contribution in [1.82, 2.24) is 5.32 Å². The first kappa shape index (κ1) is 13.9. The molecule has 2 N–H and O–H groups in total. The van der Waals surface area contributed by atoms with Crippen molar-refractivity contribution in [3.8, 4) is 5.75 Å². The van der Waals surface area contributed by atoms with Gasteiger partial charge in [0.05, 0.1) is 12.7 Å². The molecule has 4 nitrogen and oxygen atoms in total. The normalized spacial score (nSPS) is 14.9. The van der Waals surface area contributed by atoms with Crippen molar-refractivity contribution in [1.29, 1.82) is 0 Å². The molecule has 104 valence electrons. The van der Waals surface area contributed by atoms with Crippen LogP contribution < -0.4 is 10.1 Å². The molecule has 1 aliphatic rings. The first-order valence-corrected chi connectivity index (χ1v) is 6.76. The molecule has 0 radical (unpaired) electrons. The van der Waals surface area contributed by atoms with E-state index in [0.29, 0.717) is 18.9 Å². The Kier molecular flexibility index (Phi) is 4.43. The quantitative estimate of drug-likeness (QED) is 0.852. The lowest BCUT2D eigenvalue weighted by molar-refractivity contribution is -0.122. The van der Waals surface area contributed by atoms with Gasteiger partial charge < -0.3 is 15.2 Å². The van der Waals surface area contributed by atoms with E-state index in [1.54, 1.807) is 0 Å².